The average molecular weight is 210 g/mol. The molecule has 3 N–H and O–H groups in total. The number of non-ortho nitro benzene ring substituents is 1. The lowest BCUT2D eigenvalue weighted by Gasteiger charge is -2.08. The first kappa shape index (κ1) is 11.1. The van der Waals surface area contributed by atoms with Crippen LogP contribution in [0.4, 0.5) is 5.69 Å². The Bertz CT molecular complexity index is 374. The molecule has 0 heterocycles. The molecule has 0 bridgehead atoms. The molecule has 80 valence electrons. The Morgan fingerprint density at radius 1 is 1.47 bits per heavy atom. The van der Waals surface area contributed by atoms with Crippen LogP contribution < -0.4 is 5.73 Å². The molecule has 0 unspecified atom stereocenters. The predicted molar refractivity (Wildman–Crippen MR) is 52.5 cm³/mol. The highest BCUT2D eigenvalue weighted by Gasteiger charge is 2.18. The zero-order valence-corrected chi connectivity index (χ0v) is 7.79. The number of nitro groups is 1. The molecule has 0 aliphatic carbocycles. The molecule has 0 saturated carbocycles. The molecule has 6 heteroatoms. The number of aliphatic carboxylic acids is 1. The minimum absolute atomic E-state index is 0.0346. The van der Waals surface area contributed by atoms with Gasteiger partial charge in [0, 0.05) is 18.7 Å². The van der Waals surface area contributed by atoms with Gasteiger partial charge >= 0.3 is 5.97 Å². The minimum atomic E-state index is -1.04. The van der Waals surface area contributed by atoms with E-state index in [1.54, 1.807) is 0 Å². The van der Waals surface area contributed by atoms with Gasteiger partial charge in [0.1, 0.15) is 0 Å². The topological polar surface area (TPSA) is 106 Å². The zero-order chi connectivity index (χ0) is 11.4. The van der Waals surface area contributed by atoms with E-state index in [-0.39, 0.29) is 12.2 Å². The van der Waals surface area contributed by atoms with Gasteiger partial charge in [-0.3, -0.25) is 14.9 Å². The molecular formula is C9H10N2O4. The van der Waals surface area contributed by atoms with Crippen molar-refractivity contribution in [3.05, 3.63) is 39.9 Å². The van der Waals surface area contributed by atoms with E-state index in [0.717, 1.165) is 0 Å². The lowest BCUT2D eigenvalue weighted by Crippen LogP contribution is -2.20. The van der Waals surface area contributed by atoms with Gasteiger partial charge in [-0.2, -0.15) is 0 Å². The third-order valence-corrected chi connectivity index (χ3v) is 2.04. The van der Waals surface area contributed by atoms with Crippen LogP contribution in [0.2, 0.25) is 0 Å². The molecule has 0 spiro atoms. The summed E-state index contributed by atoms with van der Waals surface area (Å²) in [6, 6.07) is 5.34. The third kappa shape index (κ3) is 2.50. The highest BCUT2D eigenvalue weighted by atomic mass is 16.6. The fourth-order valence-corrected chi connectivity index (χ4v) is 1.21. The second kappa shape index (κ2) is 4.52. The number of rotatable bonds is 4. The highest BCUT2D eigenvalue weighted by Crippen LogP contribution is 2.18. The van der Waals surface area contributed by atoms with Crippen molar-refractivity contribution < 1.29 is 14.8 Å². The van der Waals surface area contributed by atoms with Crippen LogP contribution in [0.3, 0.4) is 0 Å². The summed E-state index contributed by atoms with van der Waals surface area (Å²) in [4.78, 5) is 20.5. The maximum Gasteiger partial charge on any atom is 0.312 e. The molecule has 0 saturated heterocycles. The van der Waals surface area contributed by atoms with E-state index in [4.69, 9.17) is 10.8 Å². The largest absolute Gasteiger partial charge is 0.481 e. The smallest absolute Gasteiger partial charge is 0.312 e. The van der Waals surface area contributed by atoms with E-state index in [9.17, 15) is 14.9 Å². The van der Waals surface area contributed by atoms with Crippen molar-refractivity contribution in [2.24, 2.45) is 5.73 Å². The summed E-state index contributed by atoms with van der Waals surface area (Å²) in [5.74, 6) is -1.85. The Balaban J connectivity index is 2.97. The molecule has 0 aliphatic rings. The van der Waals surface area contributed by atoms with Crippen molar-refractivity contribution in [1.29, 1.82) is 0 Å². The Morgan fingerprint density at radius 3 is 2.33 bits per heavy atom. The molecule has 1 aromatic rings. The predicted octanol–water partition coefficient (Wildman–Crippen LogP) is 0.722. The van der Waals surface area contributed by atoms with E-state index in [2.05, 4.69) is 0 Å². The van der Waals surface area contributed by atoms with E-state index < -0.39 is 16.8 Å². The van der Waals surface area contributed by atoms with E-state index in [1.165, 1.54) is 24.3 Å². The molecular weight excluding hydrogens is 200 g/mol. The first-order valence-corrected chi connectivity index (χ1v) is 4.23. The van der Waals surface area contributed by atoms with Crippen molar-refractivity contribution in [2.75, 3.05) is 6.54 Å². The minimum Gasteiger partial charge on any atom is -0.481 e. The first-order valence-electron chi connectivity index (χ1n) is 4.23. The summed E-state index contributed by atoms with van der Waals surface area (Å²) in [5.41, 5.74) is 5.69. The number of carbonyl (C=O) groups is 1. The third-order valence-electron chi connectivity index (χ3n) is 2.04. The fraction of sp³-hybridized carbons (Fsp3) is 0.222. The number of nitro benzene ring substituents is 1. The van der Waals surface area contributed by atoms with Crippen LogP contribution >= 0.6 is 0 Å². The number of carboxylic acids is 1. The molecule has 1 atom stereocenters. The SMILES string of the molecule is NC[C@H](C(=O)O)c1ccc([N+](=O)[O-])cc1. The summed E-state index contributed by atoms with van der Waals surface area (Å²) in [7, 11) is 0. The fourth-order valence-electron chi connectivity index (χ4n) is 1.21. The lowest BCUT2D eigenvalue weighted by atomic mass is 9.99. The van der Waals surface area contributed by atoms with Gasteiger partial charge in [-0.05, 0) is 5.56 Å². The Kier molecular flexibility index (Phi) is 3.35. The Labute approximate surface area is 85.5 Å². The van der Waals surface area contributed by atoms with Gasteiger partial charge in [-0.25, -0.2) is 0 Å². The summed E-state index contributed by atoms with van der Waals surface area (Å²) in [5, 5.41) is 19.1. The monoisotopic (exact) mass is 210 g/mol. The second-order valence-corrected chi connectivity index (χ2v) is 2.98. The van der Waals surface area contributed by atoms with E-state index >= 15 is 0 Å². The van der Waals surface area contributed by atoms with Gasteiger partial charge in [0.05, 0.1) is 10.8 Å². The van der Waals surface area contributed by atoms with Crippen molar-refractivity contribution in [1.82, 2.24) is 0 Å². The van der Waals surface area contributed by atoms with Crippen LogP contribution in [0.25, 0.3) is 0 Å². The quantitative estimate of drug-likeness (QED) is 0.562. The highest BCUT2D eigenvalue weighted by molar-refractivity contribution is 5.76. The molecule has 15 heavy (non-hydrogen) atoms. The molecule has 1 aromatic carbocycles. The second-order valence-electron chi connectivity index (χ2n) is 2.98. The summed E-state index contributed by atoms with van der Waals surface area (Å²) >= 11 is 0. The molecule has 0 fully saturated rings. The molecule has 1 rings (SSSR count). The van der Waals surface area contributed by atoms with Crippen LogP contribution in [0.15, 0.2) is 24.3 Å². The number of carboxylic acid groups (broad SMARTS) is 1. The summed E-state index contributed by atoms with van der Waals surface area (Å²) in [6.07, 6.45) is 0. The first-order chi connectivity index (χ1) is 7.06. The summed E-state index contributed by atoms with van der Waals surface area (Å²) in [6.45, 7) is -0.0346. The maximum absolute atomic E-state index is 10.7. The molecule has 0 radical (unpaired) electrons. The molecule has 0 aromatic heterocycles. The van der Waals surface area contributed by atoms with Gasteiger partial charge in [0.2, 0.25) is 0 Å². The molecule has 6 nitrogen and oxygen atoms in total. The maximum atomic E-state index is 10.7. The summed E-state index contributed by atoms with van der Waals surface area (Å²) < 4.78 is 0. The van der Waals surface area contributed by atoms with Crippen LogP contribution in [0.1, 0.15) is 11.5 Å². The number of hydrogen-bond acceptors (Lipinski definition) is 4. The van der Waals surface area contributed by atoms with Crippen LogP contribution in [-0.4, -0.2) is 22.5 Å². The van der Waals surface area contributed by atoms with Crippen molar-refractivity contribution in [3.63, 3.8) is 0 Å². The van der Waals surface area contributed by atoms with Crippen LogP contribution in [0.5, 0.6) is 0 Å². The van der Waals surface area contributed by atoms with Crippen molar-refractivity contribution >= 4 is 11.7 Å². The molecule has 0 amide bonds. The normalized spacial score (nSPS) is 12.1. The number of nitrogens with zero attached hydrogens (tertiary/aromatic N) is 1. The average Bonchev–Trinajstić information content (AvgIpc) is 2.19. The standard InChI is InChI=1S/C9H10N2O4/c10-5-8(9(12)13)6-1-3-7(4-2-6)11(14)15/h1-4,8H,5,10H2,(H,12,13)/t8-/m0/s1. The number of benzene rings is 1. The zero-order valence-electron chi connectivity index (χ0n) is 7.79. The van der Waals surface area contributed by atoms with E-state index in [0.29, 0.717) is 5.56 Å². The Morgan fingerprint density at radius 2 is 2.00 bits per heavy atom. The number of nitrogens with two attached hydrogens (primary N) is 1. The van der Waals surface area contributed by atoms with Gasteiger partial charge in [-0.1, -0.05) is 12.1 Å². The van der Waals surface area contributed by atoms with E-state index in [1.807, 2.05) is 0 Å². The van der Waals surface area contributed by atoms with Crippen molar-refractivity contribution in [3.8, 4) is 0 Å². The van der Waals surface area contributed by atoms with Gasteiger partial charge < -0.3 is 10.8 Å². The van der Waals surface area contributed by atoms with Gasteiger partial charge in [0.25, 0.3) is 5.69 Å². The Hall–Kier alpha value is -1.95. The number of hydrogen-bond donors (Lipinski definition) is 2. The molecule has 0 aliphatic heterocycles. The van der Waals surface area contributed by atoms with Gasteiger partial charge in [0.15, 0.2) is 0 Å². The van der Waals surface area contributed by atoms with Gasteiger partial charge in [-0.15, -0.1) is 0 Å². The van der Waals surface area contributed by atoms with Crippen molar-refractivity contribution in [2.45, 2.75) is 5.92 Å². The lowest BCUT2D eigenvalue weighted by molar-refractivity contribution is -0.384. The van der Waals surface area contributed by atoms with Crippen LogP contribution in [0, 0.1) is 10.1 Å². The van der Waals surface area contributed by atoms with Crippen LogP contribution in [-0.2, 0) is 4.79 Å².